The Bertz CT molecular complexity index is 730. The van der Waals surface area contributed by atoms with Gasteiger partial charge in [0.15, 0.2) is 0 Å². The second-order valence-electron chi connectivity index (χ2n) is 5.42. The minimum atomic E-state index is -0.441. The Morgan fingerprint density at radius 1 is 1.14 bits per heavy atom. The Kier molecular flexibility index (Phi) is 4.85. The van der Waals surface area contributed by atoms with Crippen molar-refractivity contribution in [2.24, 2.45) is 0 Å². The number of rotatable bonds is 5. The lowest BCUT2D eigenvalue weighted by atomic mass is 10.1. The van der Waals surface area contributed by atoms with Gasteiger partial charge in [-0.3, -0.25) is 4.79 Å². The molecule has 118 valence electrons. The number of amides is 1. The Labute approximate surface area is 130 Å². The molecule has 0 aliphatic heterocycles. The highest BCUT2D eigenvalue weighted by Crippen LogP contribution is 2.20. The zero-order chi connectivity index (χ0) is 16.3. The molecule has 0 aliphatic carbocycles. The molecule has 0 radical (unpaired) electrons. The van der Waals surface area contributed by atoms with Crippen molar-refractivity contribution in [2.75, 3.05) is 32.1 Å². The zero-order valence-corrected chi connectivity index (χ0v) is 13.5. The van der Waals surface area contributed by atoms with Crippen molar-refractivity contribution in [2.45, 2.75) is 20.3 Å². The van der Waals surface area contributed by atoms with Gasteiger partial charge in [-0.15, -0.1) is 0 Å². The summed E-state index contributed by atoms with van der Waals surface area (Å²) in [5, 5.41) is 0.826. The van der Waals surface area contributed by atoms with Crippen molar-refractivity contribution in [1.82, 2.24) is 4.90 Å². The molecule has 0 fully saturated rings. The number of carbonyl (C=O) groups excluding carboxylic acids is 1. The third-order valence-electron chi connectivity index (χ3n) is 3.77. The summed E-state index contributed by atoms with van der Waals surface area (Å²) in [5.41, 5.74) is 1.46. The first-order chi connectivity index (χ1) is 10.5. The number of fused-ring (bicyclic) bond motifs is 1. The number of benzene rings is 1. The summed E-state index contributed by atoms with van der Waals surface area (Å²) in [4.78, 5) is 27.9. The minimum Gasteiger partial charge on any atom is -0.422 e. The lowest BCUT2D eigenvalue weighted by Gasteiger charge is -2.18. The van der Waals surface area contributed by atoms with E-state index in [1.807, 2.05) is 51.0 Å². The fraction of sp³-hybridized carbons (Fsp3) is 0.412. The molecule has 0 N–H and O–H groups in total. The van der Waals surface area contributed by atoms with Gasteiger partial charge in [0.05, 0.1) is 6.42 Å². The number of likely N-dealkylation sites (N-methyl/N-ethyl adjacent to an activating group) is 1. The van der Waals surface area contributed by atoms with Gasteiger partial charge in [-0.2, -0.15) is 0 Å². The average Bonchev–Trinajstić information content (AvgIpc) is 2.48. The number of anilines is 1. The first-order valence-corrected chi connectivity index (χ1v) is 7.48. The zero-order valence-electron chi connectivity index (χ0n) is 13.5. The molecular formula is C17H22N2O3. The van der Waals surface area contributed by atoms with Crippen LogP contribution < -0.4 is 10.5 Å². The summed E-state index contributed by atoms with van der Waals surface area (Å²) in [5.74, 6) is -0.0541. The van der Waals surface area contributed by atoms with E-state index in [2.05, 4.69) is 0 Å². The Morgan fingerprint density at radius 3 is 2.41 bits per heavy atom. The predicted molar refractivity (Wildman–Crippen MR) is 88.4 cm³/mol. The highest BCUT2D eigenvalue weighted by atomic mass is 16.4. The maximum absolute atomic E-state index is 12.1. The first kappa shape index (κ1) is 16.1. The Balaban J connectivity index is 2.36. The van der Waals surface area contributed by atoms with Gasteiger partial charge >= 0.3 is 5.63 Å². The molecule has 0 spiro atoms. The molecule has 1 aromatic carbocycles. The van der Waals surface area contributed by atoms with E-state index in [4.69, 9.17) is 4.42 Å². The van der Waals surface area contributed by atoms with E-state index in [-0.39, 0.29) is 12.3 Å². The molecular weight excluding hydrogens is 280 g/mol. The quantitative estimate of drug-likeness (QED) is 0.795. The van der Waals surface area contributed by atoms with Gasteiger partial charge in [-0.25, -0.2) is 4.79 Å². The molecule has 2 rings (SSSR count). The molecule has 0 unspecified atom stereocenters. The van der Waals surface area contributed by atoms with E-state index < -0.39 is 5.63 Å². The van der Waals surface area contributed by atoms with E-state index in [1.165, 1.54) is 0 Å². The van der Waals surface area contributed by atoms with E-state index in [0.717, 1.165) is 11.1 Å². The molecule has 0 atom stereocenters. The highest BCUT2D eigenvalue weighted by molar-refractivity contribution is 5.83. The molecule has 0 saturated heterocycles. The maximum atomic E-state index is 12.1. The van der Waals surface area contributed by atoms with Crippen LogP contribution in [0, 0.1) is 0 Å². The van der Waals surface area contributed by atoms with Crippen molar-refractivity contribution in [3.63, 3.8) is 0 Å². The maximum Gasteiger partial charge on any atom is 0.339 e. The fourth-order valence-electron chi connectivity index (χ4n) is 2.40. The van der Waals surface area contributed by atoms with Crippen LogP contribution in [-0.2, 0) is 11.2 Å². The molecule has 0 bridgehead atoms. The van der Waals surface area contributed by atoms with Crippen LogP contribution in [0.1, 0.15) is 19.4 Å². The average molecular weight is 302 g/mol. The van der Waals surface area contributed by atoms with Crippen LogP contribution in [0.3, 0.4) is 0 Å². The minimum absolute atomic E-state index is 0.0541. The lowest BCUT2D eigenvalue weighted by Crippen LogP contribution is -2.32. The molecule has 5 heteroatoms. The molecule has 1 aromatic heterocycles. The SMILES string of the molecule is CCN(CC)C(=O)Cc1cc2ccc(N(C)C)cc2oc1=O. The number of hydrogen-bond acceptors (Lipinski definition) is 4. The molecule has 1 amide bonds. The van der Waals surface area contributed by atoms with Crippen molar-refractivity contribution in [1.29, 1.82) is 0 Å². The van der Waals surface area contributed by atoms with Gasteiger partial charge in [0, 0.05) is 49.9 Å². The summed E-state index contributed by atoms with van der Waals surface area (Å²) in [6.45, 7) is 5.13. The van der Waals surface area contributed by atoms with Crippen molar-refractivity contribution in [3.05, 3.63) is 40.2 Å². The van der Waals surface area contributed by atoms with Gasteiger partial charge in [-0.05, 0) is 32.0 Å². The van der Waals surface area contributed by atoms with Crippen LogP contribution in [0.15, 0.2) is 33.5 Å². The first-order valence-electron chi connectivity index (χ1n) is 7.48. The van der Waals surface area contributed by atoms with Crippen LogP contribution in [-0.4, -0.2) is 38.0 Å². The molecule has 22 heavy (non-hydrogen) atoms. The number of hydrogen-bond donors (Lipinski definition) is 0. The van der Waals surface area contributed by atoms with E-state index in [9.17, 15) is 9.59 Å². The highest BCUT2D eigenvalue weighted by Gasteiger charge is 2.14. The van der Waals surface area contributed by atoms with Gasteiger partial charge in [0.1, 0.15) is 5.58 Å². The smallest absolute Gasteiger partial charge is 0.339 e. The summed E-state index contributed by atoms with van der Waals surface area (Å²) >= 11 is 0. The molecule has 0 aliphatic rings. The van der Waals surface area contributed by atoms with Crippen LogP contribution in [0.2, 0.25) is 0 Å². The summed E-state index contributed by atoms with van der Waals surface area (Å²) in [6, 6.07) is 7.44. The monoisotopic (exact) mass is 302 g/mol. The summed E-state index contributed by atoms with van der Waals surface area (Å²) < 4.78 is 5.38. The predicted octanol–water partition coefficient (Wildman–Crippen LogP) is 2.27. The van der Waals surface area contributed by atoms with E-state index >= 15 is 0 Å². The van der Waals surface area contributed by atoms with Gasteiger partial charge in [0.2, 0.25) is 5.91 Å². The molecule has 5 nitrogen and oxygen atoms in total. The third kappa shape index (κ3) is 3.30. The second-order valence-corrected chi connectivity index (χ2v) is 5.42. The molecule has 2 aromatic rings. The van der Waals surface area contributed by atoms with Crippen molar-refractivity contribution < 1.29 is 9.21 Å². The van der Waals surface area contributed by atoms with E-state index in [0.29, 0.717) is 24.2 Å². The fourth-order valence-corrected chi connectivity index (χ4v) is 2.40. The standard InChI is InChI=1S/C17H22N2O3/c1-5-19(6-2)16(20)10-13-9-12-7-8-14(18(3)4)11-15(12)22-17(13)21/h7-9,11H,5-6,10H2,1-4H3. The number of nitrogens with zero attached hydrogens (tertiary/aromatic N) is 2. The van der Waals surface area contributed by atoms with Crippen LogP contribution in [0.25, 0.3) is 11.0 Å². The summed E-state index contributed by atoms with van der Waals surface area (Å²) in [7, 11) is 3.85. The largest absolute Gasteiger partial charge is 0.422 e. The third-order valence-corrected chi connectivity index (χ3v) is 3.77. The Morgan fingerprint density at radius 2 is 1.82 bits per heavy atom. The molecule has 0 saturated carbocycles. The number of carbonyl (C=O) groups is 1. The van der Waals surface area contributed by atoms with Gasteiger partial charge < -0.3 is 14.2 Å². The van der Waals surface area contributed by atoms with Crippen molar-refractivity contribution >= 4 is 22.6 Å². The normalized spacial score (nSPS) is 10.7. The van der Waals surface area contributed by atoms with Crippen LogP contribution >= 0.6 is 0 Å². The van der Waals surface area contributed by atoms with Gasteiger partial charge in [-0.1, -0.05) is 0 Å². The van der Waals surface area contributed by atoms with E-state index in [1.54, 1.807) is 11.0 Å². The summed E-state index contributed by atoms with van der Waals surface area (Å²) in [6.07, 6.45) is 0.0788. The lowest BCUT2D eigenvalue weighted by molar-refractivity contribution is -0.130. The molecule has 1 heterocycles. The topological polar surface area (TPSA) is 53.8 Å². The van der Waals surface area contributed by atoms with Crippen molar-refractivity contribution in [3.8, 4) is 0 Å². The second kappa shape index (κ2) is 6.64. The van der Waals surface area contributed by atoms with Crippen LogP contribution in [0.4, 0.5) is 5.69 Å². The van der Waals surface area contributed by atoms with Crippen LogP contribution in [0.5, 0.6) is 0 Å². The Hall–Kier alpha value is -2.30. The van der Waals surface area contributed by atoms with Gasteiger partial charge in [0.25, 0.3) is 0 Å².